The molecule has 1 aliphatic heterocycles. The van der Waals surface area contributed by atoms with Gasteiger partial charge in [-0.25, -0.2) is 4.98 Å². The Morgan fingerprint density at radius 3 is 2.82 bits per heavy atom. The van der Waals surface area contributed by atoms with Crippen molar-refractivity contribution in [2.75, 3.05) is 26.3 Å². The molecule has 0 aliphatic carbocycles. The van der Waals surface area contributed by atoms with E-state index < -0.39 is 0 Å². The van der Waals surface area contributed by atoms with Crippen molar-refractivity contribution >= 4 is 27.6 Å². The molecule has 116 valence electrons. The molecular formula is C14H16N4O2S2. The number of rotatable bonds is 3. The lowest BCUT2D eigenvalue weighted by Gasteiger charge is -2.33. The van der Waals surface area contributed by atoms with Gasteiger partial charge in [0.05, 0.1) is 24.1 Å². The van der Waals surface area contributed by atoms with E-state index in [1.165, 1.54) is 32.6 Å². The molecule has 1 atom stereocenters. The van der Waals surface area contributed by atoms with Gasteiger partial charge in [0.2, 0.25) is 10.8 Å². The second kappa shape index (κ2) is 5.62. The van der Waals surface area contributed by atoms with Gasteiger partial charge in [-0.15, -0.1) is 11.3 Å². The van der Waals surface area contributed by atoms with E-state index in [4.69, 9.17) is 4.74 Å². The molecule has 1 unspecified atom stereocenters. The fourth-order valence-electron chi connectivity index (χ4n) is 2.82. The van der Waals surface area contributed by atoms with Gasteiger partial charge in [-0.05, 0) is 23.9 Å². The minimum absolute atomic E-state index is 0.0393. The maximum atomic E-state index is 10.6. The summed E-state index contributed by atoms with van der Waals surface area (Å²) in [5.41, 5.74) is 1.25. The second-order valence-corrected chi connectivity index (χ2v) is 7.22. The Labute approximate surface area is 135 Å². The fourth-order valence-corrected chi connectivity index (χ4v) is 5.04. The van der Waals surface area contributed by atoms with E-state index >= 15 is 0 Å². The summed E-state index contributed by atoms with van der Waals surface area (Å²) in [5.74, 6) is 0.196. The van der Waals surface area contributed by atoms with Crippen molar-refractivity contribution in [2.45, 2.75) is 13.0 Å². The summed E-state index contributed by atoms with van der Waals surface area (Å²) in [7, 11) is 0. The van der Waals surface area contributed by atoms with Crippen molar-refractivity contribution in [1.29, 1.82) is 0 Å². The first-order valence-corrected chi connectivity index (χ1v) is 8.82. The molecule has 0 saturated carbocycles. The van der Waals surface area contributed by atoms with E-state index in [-0.39, 0.29) is 11.9 Å². The van der Waals surface area contributed by atoms with E-state index in [0.29, 0.717) is 0 Å². The number of hydrogen-bond acceptors (Lipinski definition) is 7. The highest BCUT2D eigenvalue weighted by Gasteiger charge is 2.31. The number of morpholine rings is 1. The van der Waals surface area contributed by atoms with Crippen molar-refractivity contribution in [1.82, 2.24) is 19.5 Å². The highest BCUT2D eigenvalue weighted by atomic mass is 32.1. The molecule has 4 rings (SSSR count). The topological polar surface area (TPSA) is 62.9 Å². The molecule has 0 bridgehead atoms. The summed E-state index contributed by atoms with van der Waals surface area (Å²) in [4.78, 5) is 9.46. The van der Waals surface area contributed by atoms with Gasteiger partial charge in [-0.3, -0.25) is 4.90 Å². The predicted molar refractivity (Wildman–Crippen MR) is 85.8 cm³/mol. The average Bonchev–Trinajstić information content (AvgIpc) is 3.22. The predicted octanol–water partition coefficient (Wildman–Crippen LogP) is 2.29. The first-order valence-electron chi connectivity index (χ1n) is 7.13. The van der Waals surface area contributed by atoms with Gasteiger partial charge < -0.3 is 9.84 Å². The monoisotopic (exact) mass is 336 g/mol. The van der Waals surface area contributed by atoms with Gasteiger partial charge in [-0.2, -0.15) is 9.61 Å². The summed E-state index contributed by atoms with van der Waals surface area (Å²) >= 11 is 3.23. The van der Waals surface area contributed by atoms with Gasteiger partial charge >= 0.3 is 0 Å². The van der Waals surface area contributed by atoms with Crippen LogP contribution in [-0.2, 0) is 4.74 Å². The third-order valence-electron chi connectivity index (χ3n) is 3.95. The summed E-state index contributed by atoms with van der Waals surface area (Å²) < 4.78 is 6.99. The number of nitrogens with zero attached hydrogens (tertiary/aromatic N) is 4. The molecule has 3 aromatic rings. The van der Waals surface area contributed by atoms with E-state index in [9.17, 15) is 5.11 Å². The molecule has 0 aromatic carbocycles. The summed E-state index contributed by atoms with van der Waals surface area (Å²) in [6.07, 6.45) is 1.47. The van der Waals surface area contributed by atoms with Crippen molar-refractivity contribution in [3.63, 3.8) is 0 Å². The first-order chi connectivity index (χ1) is 10.8. The first kappa shape index (κ1) is 14.1. The number of thiazole rings is 1. The average molecular weight is 336 g/mol. The number of aromatic hydroxyl groups is 1. The normalized spacial score (nSPS) is 18.0. The quantitative estimate of drug-likeness (QED) is 0.795. The van der Waals surface area contributed by atoms with Gasteiger partial charge in [0, 0.05) is 18.0 Å². The van der Waals surface area contributed by atoms with E-state index in [2.05, 4.69) is 33.4 Å². The van der Waals surface area contributed by atoms with Crippen LogP contribution in [0.3, 0.4) is 0 Å². The fraction of sp³-hybridized carbons (Fsp3) is 0.429. The SMILES string of the molecule is Cc1ccsc1C(c1sc2ncnn2c1O)N1CCOCC1. The molecule has 22 heavy (non-hydrogen) atoms. The van der Waals surface area contributed by atoms with Crippen molar-refractivity contribution < 1.29 is 9.84 Å². The van der Waals surface area contributed by atoms with Crippen molar-refractivity contribution in [3.8, 4) is 5.88 Å². The largest absolute Gasteiger partial charge is 0.492 e. The van der Waals surface area contributed by atoms with Crippen LogP contribution in [0.2, 0.25) is 0 Å². The Bertz CT molecular complexity index is 788. The molecular weight excluding hydrogens is 320 g/mol. The highest BCUT2D eigenvalue weighted by molar-refractivity contribution is 7.17. The van der Waals surface area contributed by atoms with Crippen molar-refractivity contribution in [3.05, 3.63) is 33.1 Å². The number of fused-ring (bicyclic) bond motifs is 1. The number of aryl methyl sites for hydroxylation is 1. The molecule has 1 N–H and O–H groups in total. The van der Waals surface area contributed by atoms with Crippen LogP contribution in [0.4, 0.5) is 0 Å². The van der Waals surface area contributed by atoms with Crippen LogP contribution in [0, 0.1) is 6.92 Å². The van der Waals surface area contributed by atoms with Crippen LogP contribution < -0.4 is 0 Å². The molecule has 0 radical (unpaired) electrons. The molecule has 1 saturated heterocycles. The smallest absolute Gasteiger partial charge is 0.230 e. The lowest BCUT2D eigenvalue weighted by atomic mass is 10.1. The van der Waals surface area contributed by atoms with Gasteiger partial charge in [0.25, 0.3) is 0 Å². The van der Waals surface area contributed by atoms with E-state index in [1.807, 2.05) is 0 Å². The maximum Gasteiger partial charge on any atom is 0.230 e. The van der Waals surface area contributed by atoms with Crippen LogP contribution in [0.15, 0.2) is 17.8 Å². The molecule has 1 fully saturated rings. The molecule has 3 aromatic heterocycles. The van der Waals surface area contributed by atoms with Gasteiger partial charge in [0.15, 0.2) is 0 Å². The minimum Gasteiger partial charge on any atom is -0.492 e. The van der Waals surface area contributed by atoms with E-state index in [0.717, 1.165) is 36.1 Å². The zero-order chi connectivity index (χ0) is 15.1. The number of hydrogen-bond donors (Lipinski definition) is 1. The lowest BCUT2D eigenvalue weighted by molar-refractivity contribution is 0.0246. The number of thiophene rings is 1. The van der Waals surface area contributed by atoms with Gasteiger partial charge in [0.1, 0.15) is 6.33 Å². The Kier molecular flexibility index (Phi) is 3.61. The van der Waals surface area contributed by atoms with Crippen LogP contribution in [0.5, 0.6) is 5.88 Å². The Morgan fingerprint density at radius 2 is 2.14 bits per heavy atom. The summed E-state index contributed by atoms with van der Waals surface area (Å²) in [5, 5.41) is 16.8. The zero-order valence-corrected chi connectivity index (χ0v) is 13.7. The summed E-state index contributed by atoms with van der Waals surface area (Å²) in [6.45, 7) is 5.28. The molecule has 0 amide bonds. The van der Waals surface area contributed by atoms with Gasteiger partial charge in [-0.1, -0.05) is 11.3 Å². The molecule has 0 spiro atoms. The van der Waals surface area contributed by atoms with Crippen LogP contribution in [-0.4, -0.2) is 50.9 Å². The number of aromatic nitrogens is 3. The molecule has 4 heterocycles. The van der Waals surface area contributed by atoms with Crippen molar-refractivity contribution in [2.24, 2.45) is 0 Å². The third-order valence-corrected chi connectivity index (χ3v) is 6.11. The third kappa shape index (κ3) is 2.23. The molecule has 1 aliphatic rings. The maximum absolute atomic E-state index is 10.6. The van der Waals surface area contributed by atoms with Crippen LogP contribution >= 0.6 is 22.7 Å². The second-order valence-electron chi connectivity index (χ2n) is 5.26. The Morgan fingerprint density at radius 1 is 1.32 bits per heavy atom. The molecule has 6 nitrogen and oxygen atoms in total. The lowest BCUT2D eigenvalue weighted by Crippen LogP contribution is -2.39. The number of ether oxygens (including phenoxy) is 1. The zero-order valence-electron chi connectivity index (χ0n) is 12.1. The summed E-state index contributed by atoms with van der Waals surface area (Å²) in [6, 6.07) is 2.17. The van der Waals surface area contributed by atoms with Crippen LogP contribution in [0.25, 0.3) is 4.96 Å². The van der Waals surface area contributed by atoms with Crippen LogP contribution in [0.1, 0.15) is 21.4 Å². The molecule has 8 heteroatoms. The standard InChI is InChI=1S/C14H16N4O2S2/c1-9-2-7-21-11(9)10(17-3-5-20-6-4-17)12-13(19)18-14(22-12)15-8-16-18/h2,7-8,10,19H,3-6H2,1H3. The Hall–Kier alpha value is -1.48. The highest BCUT2D eigenvalue weighted by Crippen LogP contribution is 2.42. The van der Waals surface area contributed by atoms with E-state index in [1.54, 1.807) is 11.3 Å². The Balaban J connectivity index is 1.84. The minimum atomic E-state index is 0.0393.